The van der Waals surface area contributed by atoms with Crippen LogP contribution in [-0.4, -0.2) is 0 Å². The number of hydrogen-bond acceptors (Lipinski definition) is 2. The maximum Gasteiger partial charge on any atom is 0.0462 e. The van der Waals surface area contributed by atoms with Crippen molar-refractivity contribution < 1.29 is 0 Å². The van der Waals surface area contributed by atoms with Crippen LogP contribution >= 0.6 is 0 Å². The van der Waals surface area contributed by atoms with Gasteiger partial charge in [-0.15, -0.1) is 0 Å². The Morgan fingerprint density at radius 2 is 0.574 bits per heavy atom. The Morgan fingerprint density at radius 3 is 1.04 bits per heavy atom. The Balaban J connectivity index is 1.03. The molecule has 9 aromatic carbocycles. The van der Waals surface area contributed by atoms with Crippen molar-refractivity contribution in [1.29, 1.82) is 0 Å². The summed E-state index contributed by atoms with van der Waals surface area (Å²) in [7, 11) is 0. The van der Waals surface area contributed by atoms with Gasteiger partial charge in [0.2, 0.25) is 0 Å². The molecule has 0 aliphatic rings. The molecule has 0 saturated heterocycles. The minimum absolute atomic E-state index is 1.11. The van der Waals surface area contributed by atoms with Crippen LogP contribution in [-0.2, 0) is 0 Å². The standard InChI is InChI=1S/C52H38N2/c1-5-14-39(15-6-1)40-26-32-49(33-27-40)54(47-21-11-4-12-22-47)50-36-30-43(31-37-50)51-23-13-16-42-24-25-44(38-52(42)51)41-28-34-48(35-29-41)53(45-17-7-2-8-18-45)46-19-9-3-10-20-46/h1-38H. The van der Waals surface area contributed by atoms with Gasteiger partial charge in [0.1, 0.15) is 0 Å². The Kier molecular flexibility index (Phi) is 8.99. The third-order valence-corrected chi connectivity index (χ3v) is 10.1. The molecule has 256 valence electrons. The lowest BCUT2D eigenvalue weighted by Crippen LogP contribution is -2.09. The van der Waals surface area contributed by atoms with E-state index in [4.69, 9.17) is 0 Å². The summed E-state index contributed by atoms with van der Waals surface area (Å²) in [6.45, 7) is 0. The van der Waals surface area contributed by atoms with E-state index in [0.29, 0.717) is 0 Å². The molecule has 0 fully saturated rings. The molecule has 0 atom stereocenters. The fourth-order valence-electron chi connectivity index (χ4n) is 7.36. The predicted octanol–water partition coefficient (Wildman–Crippen LogP) is 14.8. The molecular formula is C52H38N2. The third-order valence-electron chi connectivity index (χ3n) is 10.1. The van der Waals surface area contributed by atoms with E-state index in [1.807, 2.05) is 0 Å². The minimum Gasteiger partial charge on any atom is -0.311 e. The van der Waals surface area contributed by atoms with Crippen LogP contribution in [0.25, 0.3) is 44.2 Å². The van der Waals surface area contributed by atoms with Crippen LogP contribution in [0.5, 0.6) is 0 Å². The van der Waals surface area contributed by atoms with Gasteiger partial charge in [0.25, 0.3) is 0 Å². The summed E-state index contributed by atoms with van der Waals surface area (Å²) in [4.78, 5) is 4.62. The van der Waals surface area contributed by atoms with E-state index in [2.05, 4.69) is 240 Å². The van der Waals surface area contributed by atoms with Gasteiger partial charge in [-0.3, -0.25) is 0 Å². The van der Waals surface area contributed by atoms with Crippen molar-refractivity contribution in [2.24, 2.45) is 0 Å². The number of anilines is 6. The van der Waals surface area contributed by atoms with Crippen molar-refractivity contribution in [3.63, 3.8) is 0 Å². The molecule has 2 nitrogen and oxygen atoms in total. The van der Waals surface area contributed by atoms with Gasteiger partial charge >= 0.3 is 0 Å². The van der Waals surface area contributed by atoms with E-state index in [9.17, 15) is 0 Å². The molecule has 9 rings (SSSR count). The third kappa shape index (κ3) is 6.65. The molecule has 0 amide bonds. The van der Waals surface area contributed by atoms with Gasteiger partial charge in [-0.05, 0) is 123 Å². The van der Waals surface area contributed by atoms with Gasteiger partial charge in [-0.1, -0.05) is 152 Å². The van der Waals surface area contributed by atoms with Crippen LogP contribution in [0.1, 0.15) is 0 Å². The van der Waals surface area contributed by atoms with E-state index in [-0.39, 0.29) is 0 Å². The molecular weight excluding hydrogens is 653 g/mol. The topological polar surface area (TPSA) is 6.48 Å². The molecule has 0 N–H and O–H groups in total. The molecule has 2 heteroatoms. The fourth-order valence-corrected chi connectivity index (χ4v) is 7.36. The largest absolute Gasteiger partial charge is 0.311 e. The summed E-state index contributed by atoms with van der Waals surface area (Å²) < 4.78 is 0. The van der Waals surface area contributed by atoms with E-state index >= 15 is 0 Å². The second-order valence-corrected chi connectivity index (χ2v) is 13.4. The quantitative estimate of drug-likeness (QED) is 0.149. The molecule has 0 aromatic heterocycles. The number of para-hydroxylation sites is 3. The number of rotatable bonds is 9. The zero-order valence-electron chi connectivity index (χ0n) is 29.8. The lowest BCUT2D eigenvalue weighted by molar-refractivity contribution is 1.28. The Bertz CT molecular complexity index is 2560. The lowest BCUT2D eigenvalue weighted by atomic mass is 9.94. The van der Waals surface area contributed by atoms with Crippen molar-refractivity contribution in [1.82, 2.24) is 0 Å². The van der Waals surface area contributed by atoms with Crippen molar-refractivity contribution in [2.75, 3.05) is 9.80 Å². The normalized spacial score (nSPS) is 11.0. The van der Waals surface area contributed by atoms with Gasteiger partial charge in [0, 0.05) is 34.1 Å². The summed E-state index contributed by atoms with van der Waals surface area (Å²) in [5, 5.41) is 2.46. The van der Waals surface area contributed by atoms with Gasteiger partial charge in [0.15, 0.2) is 0 Å². The van der Waals surface area contributed by atoms with Crippen LogP contribution in [0.15, 0.2) is 231 Å². The first kappa shape index (κ1) is 32.7. The van der Waals surface area contributed by atoms with E-state index in [1.54, 1.807) is 0 Å². The summed E-state index contributed by atoms with van der Waals surface area (Å²) in [6.07, 6.45) is 0. The number of fused-ring (bicyclic) bond motifs is 1. The molecule has 0 aliphatic carbocycles. The first-order valence-corrected chi connectivity index (χ1v) is 18.4. The first-order chi connectivity index (χ1) is 26.8. The molecule has 54 heavy (non-hydrogen) atoms. The van der Waals surface area contributed by atoms with Gasteiger partial charge in [0.05, 0.1) is 0 Å². The maximum absolute atomic E-state index is 2.34. The number of nitrogens with zero attached hydrogens (tertiary/aromatic N) is 2. The highest BCUT2D eigenvalue weighted by Crippen LogP contribution is 2.39. The Labute approximate surface area is 317 Å². The fraction of sp³-hybridized carbons (Fsp3) is 0. The van der Waals surface area contributed by atoms with Gasteiger partial charge in [-0.25, -0.2) is 0 Å². The highest BCUT2D eigenvalue weighted by atomic mass is 15.1. The lowest BCUT2D eigenvalue weighted by Gasteiger charge is -2.26. The van der Waals surface area contributed by atoms with Crippen LogP contribution in [0.4, 0.5) is 34.1 Å². The van der Waals surface area contributed by atoms with E-state index in [1.165, 1.54) is 44.2 Å². The van der Waals surface area contributed by atoms with Crippen molar-refractivity contribution in [2.45, 2.75) is 0 Å². The monoisotopic (exact) mass is 690 g/mol. The second kappa shape index (κ2) is 14.8. The summed E-state index contributed by atoms with van der Waals surface area (Å²) in [5.41, 5.74) is 13.9. The summed E-state index contributed by atoms with van der Waals surface area (Å²) >= 11 is 0. The van der Waals surface area contributed by atoms with Crippen molar-refractivity contribution >= 4 is 44.9 Å². The molecule has 0 heterocycles. The maximum atomic E-state index is 2.34. The Hall–Kier alpha value is -7.16. The zero-order chi connectivity index (χ0) is 36.1. The molecule has 0 bridgehead atoms. The predicted molar refractivity (Wildman–Crippen MR) is 230 cm³/mol. The van der Waals surface area contributed by atoms with Crippen molar-refractivity contribution in [3.05, 3.63) is 231 Å². The van der Waals surface area contributed by atoms with E-state index in [0.717, 1.165) is 34.1 Å². The molecule has 0 spiro atoms. The summed E-state index contributed by atoms with van der Waals surface area (Å²) in [5.74, 6) is 0. The van der Waals surface area contributed by atoms with Crippen LogP contribution in [0.2, 0.25) is 0 Å². The van der Waals surface area contributed by atoms with Crippen LogP contribution in [0.3, 0.4) is 0 Å². The average molecular weight is 691 g/mol. The number of hydrogen-bond donors (Lipinski definition) is 0. The molecule has 0 unspecified atom stereocenters. The first-order valence-electron chi connectivity index (χ1n) is 18.4. The smallest absolute Gasteiger partial charge is 0.0462 e. The van der Waals surface area contributed by atoms with Crippen LogP contribution in [0, 0.1) is 0 Å². The molecule has 9 aromatic rings. The van der Waals surface area contributed by atoms with Gasteiger partial charge in [-0.2, -0.15) is 0 Å². The average Bonchev–Trinajstić information content (AvgIpc) is 3.26. The molecule has 0 saturated carbocycles. The Morgan fingerprint density at radius 1 is 0.222 bits per heavy atom. The highest BCUT2D eigenvalue weighted by molar-refractivity contribution is 5.99. The highest BCUT2D eigenvalue weighted by Gasteiger charge is 2.15. The minimum atomic E-state index is 1.11. The van der Waals surface area contributed by atoms with E-state index < -0.39 is 0 Å². The molecule has 0 aliphatic heterocycles. The zero-order valence-corrected chi connectivity index (χ0v) is 29.8. The summed E-state index contributed by atoms with van der Waals surface area (Å²) in [6, 6.07) is 82.3. The second-order valence-electron chi connectivity index (χ2n) is 13.4. The van der Waals surface area contributed by atoms with Crippen molar-refractivity contribution in [3.8, 4) is 33.4 Å². The molecule has 0 radical (unpaired) electrons. The van der Waals surface area contributed by atoms with Crippen LogP contribution < -0.4 is 9.80 Å². The SMILES string of the molecule is c1ccc(-c2ccc(N(c3ccccc3)c3ccc(-c4cccc5ccc(-c6ccc(N(c7ccccc7)c7ccccc7)cc6)cc45)cc3)cc2)cc1. The number of benzene rings is 9. The van der Waals surface area contributed by atoms with Gasteiger partial charge < -0.3 is 9.80 Å².